The monoisotopic (exact) mass is 317 g/mol. The first-order valence-electron chi connectivity index (χ1n) is 7.91. The number of rotatable bonds is 1. The molecule has 114 valence electrons. The number of benzene rings is 3. The molecule has 1 aromatic heterocycles. The Hall–Kier alpha value is -2.19. The first-order valence-corrected chi connectivity index (χ1v) is 8.73. The van der Waals surface area contributed by atoms with Crippen LogP contribution in [-0.4, -0.2) is 4.98 Å². The van der Waals surface area contributed by atoms with E-state index in [9.17, 15) is 0 Å². The van der Waals surface area contributed by atoms with Gasteiger partial charge in [0.25, 0.3) is 0 Å². The van der Waals surface area contributed by atoms with Crippen molar-refractivity contribution in [1.82, 2.24) is 4.98 Å². The van der Waals surface area contributed by atoms with Gasteiger partial charge >= 0.3 is 0 Å². The second-order valence-corrected chi connectivity index (χ2v) is 8.01. The molecule has 4 aromatic rings. The van der Waals surface area contributed by atoms with E-state index in [2.05, 4.69) is 81.4 Å². The quantitative estimate of drug-likeness (QED) is 0.395. The van der Waals surface area contributed by atoms with E-state index >= 15 is 0 Å². The van der Waals surface area contributed by atoms with E-state index in [1.165, 1.54) is 26.6 Å². The summed E-state index contributed by atoms with van der Waals surface area (Å²) in [6.45, 7) is 6.74. The van der Waals surface area contributed by atoms with Gasteiger partial charge in [0.2, 0.25) is 0 Å². The fourth-order valence-corrected chi connectivity index (χ4v) is 3.99. The van der Waals surface area contributed by atoms with Crippen LogP contribution in [0.4, 0.5) is 0 Å². The van der Waals surface area contributed by atoms with Gasteiger partial charge in [0, 0.05) is 5.56 Å². The molecule has 4 rings (SSSR count). The van der Waals surface area contributed by atoms with Gasteiger partial charge in [-0.2, -0.15) is 0 Å². The predicted octanol–water partition coefficient (Wildman–Crippen LogP) is 6.41. The Labute approximate surface area is 140 Å². The highest BCUT2D eigenvalue weighted by Gasteiger charge is 2.19. The van der Waals surface area contributed by atoms with Crippen molar-refractivity contribution in [1.29, 1.82) is 0 Å². The summed E-state index contributed by atoms with van der Waals surface area (Å²) in [5.74, 6) is 0. The molecule has 0 saturated heterocycles. The molecule has 0 aliphatic heterocycles. The molecule has 0 bridgehead atoms. The summed E-state index contributed by atoms with van der Waals surface area (Å²) in [6, 6.07) is 21.6. The third-order valence-corrected chi connectivity index (χ3v) is 5.29. The van der Waals surface area contributed by atoms with Crippen molar-refractivity contribution in [3.05, 3.63) is 66.2 Å². The number of nitrogens with zero attached hydrogens (tertiary/aromatic N) is 1. The Morgan fingerprint density at radius 2 is 1.61 bits per heavy atom. The Balaban J connectivity index is 1.91. The van der Waals surface area contributed by atoms with Gasteiger partial charge in [0.15, 0.2) is 0 Å². The van der Waals surface area contributed by atoms with Crippen LogP contribution in [0.15, 0.2) is 60.7 Å². The molecule has 0 atom stereocenters. The molecule has 23 heavy (non-hydrogen) atoms. The van der Waals surface area contributed by atoms with Gasteiger partial charge in [0.05, 0.1) is 10.2 Å². The van der Waals surface area contributed by atoms with Gasteiger partial charge in [0.1, 0.15) is 5.01 Å². The summed E-state index contributed by atoms with van der Waals surface area (Å²) in [6.07, 6.45) is 0. The summed E-state index contributed by atoms with van der Waals surface area (Å²) in [5, 5.41) is 3.63. The zero-order valence-corrected chi connectivity index (χ0v) is 14.4. The molecule has 1 heterocycles. The lowest BCUT2D eigenvalue weighted by Crippen LogP contribution is -2.11. The molecule has 0 N–H and O–H groups in total. The van der Waals surface area contributed by atoms with Crippen LogP contribution >= 0.6 is 11.3 Å². The van der Waals surface area contributed by atoms with Crippen molar-refractivity contribution < 1.29 is 0 Å². The highest BCUT2D eigenvalue weighted by Crippen LogP contribution is 2.36. The zero-order chi connectivity index (χ0) is 16.0. The van der Waals surface area contributed by atoms with Crippen molar-refractivity contribution in [3.63, 3.8) is 0 Å². The Bertz CT molecular complexity index is 1010. The largest absolute Gasteiger partial charge is 0.236 e. The van der Waals surface area contributed by atoms with Crippen LogP contribution in [0.5, 0.6) is 0 Å². The van der Waals surface area contributed by atoms with Gasteiger partial charge in [-0.15, -0.1) is 11.3 Å². The van der Waals surface area contributed by atoms with Crippen molar-refractivity contribution in [2.75, 3.05) is 0 Å². The van der Waals surface area contributed by atoms with Gasteiger partial charge in [-0.1, -0.05) is 69.3 Å². The summed E-state index contributed by atoms with van der Waals surface area (Å²) in [4.78, 5) is 4.97. The minimum atomic E-state index is 0.105. The Morgan fingerprint density at radius 3 is 2.39 bits per heavy atom. The van der Waals surface area contributed by atoms with Crippen molar-refractivity contribution in [2.24, 2.45) is 0 Å². The van der Waals surface area contributed by atoms with E-state index in [1.807, 2.05) is 0 Å². The fraction of sp³-hybridized carbons (Fsp3) is 0.190. The molecule has 0 saturated carbocycles. The zero-order valence-electron chi connectivity index (χ0n) is 13.6. The molecule has 0 amide bonds. The number of hydrogen-bond donors (Lipinski definition) is 0. The lowest BCUT2D eigenvalue weighted by molar-refractivity contribution is 0.595. The molecular formula is C21H19NS. The highest BCUT2D eigenvalue weighted by atomic mass is 32.1. The van der Waals surface area contributed by atoms with Crippen LogP contribution < -0.4 is 0 Å². The average molecular weight is 317 g/mol. The molecule has 0 aliphatic carbocycles. The normalized spacial score (nSPS) is 12.1. The van der Waals surface area contributed by atoms with E-state index in [0.717, 1.165) is 10.5 Å². The second-order valence-electron chi connectivity index (χ2n) is 6.98. The van der Waals surface area contributed by atoms with Crippen LogP contribution in [0, 0.1) is 0 Å². The summed E-state index contributed by atoms with van der Waals surface area (Å²) in [7, 11) is 0. The minimum absolute atomic E-state index is 0.105. The van der Waals surface area contributed by atoms with Crippen molar-refractivity contribution in [3.8, 4) is 10.6 Å². The SMILES string of the molecule is CC(C)(C)c1cccc2sc(-c3ccc4ccccc4c3)nc12. The topological polar surface area (TPSA) is 12.9 Å². The van der Waals surface area contributed by atoms with E-state index in [1.54, 1.807) is 11.3 Å². The maximum absolute atomic E-state index is 4.97. The standard InChI is InChI=1S/C21H19NS/c1-21(2,3)17-9-6-10-18-19(17)22-20(23-18)16-12-11-14-7-4-5-8-15(14)13-16/h4-13H,1-3H3. The van der Waals surface area contributed by atoms with E-state index in [0.29, 0.717) is 0 Å². The van der Waals surface area contributed by atoms with E-state index < -0.39 is 0 Å². The number of aromatic nitrogens is 1. The highest BCUT2D eigenvalue weighted by molar-refractivity contribution is 7.21. The Kier molecular flexibility index (Phi) is 3.24. The molecule has 3 aromatic carbocycles. The second kappa shape index (κ2) is 5.17. The molecular weight excluding hydrogens is 298 g/mol. The number of fused-ring (bicyclic) bond motifs is 2. The molecule has 0 spiro atoms. The predicted molar refractivity (Wildman–Crippen MR) is 101 cm³/mol. The smallest absolute Gasteiger partial charge is 0.124 e. The lowest BCUT2D eigenvalue weighted by Gasteiger charge is -2.19. The number of thiazole rings is 1. The first-order chi connectivity index (χ1) is 11.0. The van der Waals surface area contributed by atoms with Crippen LogP contribution in [-0.2, 0) is 5.41 Å². The molecule has 0 aliphatic rings. The van der Waals surface area contributed by atoms with Crippen LogP contribution in [0.1, 0.15) is 26.3 Å². The number of hydrogen-bond acceptors (Lipinski definition) is 2. The van der Waals surface area contributed by atoms with Gasteiger partial charge < -0.3 is 0 Å². The third kappa shape index (κ3) is 2.53. The maximum atomic E-state index is 4.97. The van der Waals surface area contributed by atoms with Gasteiger partial charge in [-0.25, -0.2) is 4.98 Å². The molecule has 0 unspecified atom stereocenters. The van der Waals surface area contributed by atoms with Crippen LogP contribution in [0.25, 0.3) is 31.6 Å². The van der Waals surface area contributed by atoms with E-state index in [4.69, 9.17) is 4.98 Å². The summed E-state index contributed by atoms with van der Waals surface area (Å²) in [5.41, 5.74) is 3.77. The molecule has 0 fully saturated rings. The minimum Gasteiger partial charge on any atom is -0.236 e. The van der Waals surface area contributed by atoms with Crippen LogP contribution in [0.3, 0.4) is 0 Å². The van der Waals surface area contributed by atoms with Gasteiger partial charge in [-0.05, 0) is 33.9 Å². The summed E-state index contributed by atoms with van der Waals surface area (Å²) < 4.78 is 1.26. The first kappa shape index (κ1) is 14.4. The maximum Gasteiger partial charge on any atom is 0.124 e. The summed E-state index contributed by atoms with van der Waals surface area (Å²) >= 11 is 1.78. The fourth-order valence-electron chi connectivity index (χ4n) is 3.00. The Morgan fingerprint density at radius 1 is 0.826 bits per heavy atom. The molecule has 0 radical (unpaired) electrons. The number of para-hydroxylation sites is 1. The third-order valence-electron chi connectivity index (χ3n) is 4.22. The van der Waals surface area contributed by atoms with Crippen molar-refractivity contribution >= 4 is 32.3 Å². The lowest BCUT2D eigenvalue weighted by atomic mass is 9.86. The average Bonchev–Trinajstić information content (AvgIpc) is 2.97. The van der Waals surface area contributed by atoms with E-state index in [-0.39, 0.29) is 5.41 Å². The van der Waals surface area contributed by atoms with Gasteiger partial charge in [-0.3, -0.25) is 0 Å². The molecule has 1 nitrogen and oxygen atoms in total. The van der Waals surface area contributed by atoms with Crippen molar-refractivity contribution in [2.45, 2.75) is 26.2 Å². The van der Waals surface area contributed by atoms with Crippen LogP contribution in [0.2, 0.25) is 0 Å². The molecule has 2 heteroatoms.